The molecule has 0 saturated heterocycles. The summed E-state index contributed by atoms with van der Waals surface area (Å²) < 4.78 is 6.17. The average Bonchev–Trinajstić information content (AvgIpc) is 2.31. The predicted molar refractivity (Wildman–Crippen MR) is 81.9 cm³/mol. The van der Waals surface area contributed by atoms with E-state index >= 15 is 0 Å². The summed E-state index contributed by atoms with van der Waals surface area (Å²) in [5.74, 6) is 1.20. The third-order valence-corrected chi connectivity index (χ3v) is 3.80. The normalized spacial score (nSPS) is 18.6. The van der Waals surface area contributed by atoms with Crippen LogP contribution in [-0.4, -0.2) is 35.5 Å². The third kappa shape index (κ3) is 2.35. The summed E-state index contributed by atoms with van der Waals surface area (Å²) in [4.78, 5) is 0. The summed E-state index contributed by atoms with van der Waals surface area (Å²) in [5.41, 5.74) is 4.34. The van der Waals surface area contributed by atoms with Crippen molar-refractivity contribution in [1.82, 2.24) is 5.01 Å². The standard InChI is InChI=1S/C16H24N2O2/c1-9-10(2)15-13(11(3)14(9)19)12(17-18(6)7)8-16(4,5)20-15/h19H,8H2,1-7H3. The Balaban J connectivity index is 2.78. The summed E-state index contributed by atoms with van der Waals surface area (Å²) in [7, 11) is 3.82. The summed E-state index contributed by atoms with van der Waals surface area (Å²) in [6, 6.07) is 0. The van der Waals surface area contributed by atoms with Gasteiger partial charge in [0, 0.05) is 31.6 Å². The topological polar surface area (TPSA) is 45.1 Å². The van der Waals surface area contributed by atoms with Crippen LogP contribution in [0.4, 0.5) is 0 Å². The van der Waals surface area contributed by atoms with Crippen LogP contribution in [0, 0.1) is 20.8 Å². The molecule has 0 amide bonds. The third-order valence-electron chi connectivity index (χ3n) is 3.80. The SMILES string of the molecule is Cc1c(C)c2c(c(C)c1O)C(=NN(C)C)CC(C)(C)O2. The molecule has 0 fully saturated rings. The zero-order valence-electron chi connectivity index (χ0n) is 13.5. The Bertz CT molecular complexity index is 587. The molecule has 2 rings (SSSR count). The maximum atomic E-state index is 10.3. The molecule has 4 heteroatoms. The Morgan fingerprint density at radius 3 is 2.25 bits per heavy atom. The second-order valence-corrected chi connectivity index (χ2v) is 6.36. The maximum absolute atomic E-state index is 10.3. The fraction of sp³-hybridized carbons (Fsp3) is 0.562. The molecule has 0 radical (unpaired) electrons. The van der Waals surface area contributed by atoms with Crippen molar-refractivity contribution in [1.29, 1.82) is 0 Å². The van der Waals surface area contributed by atoms with Gasteiger partial charge in [0.2, 0.25) is 0 Å². The number of hydrogen-bond donors (Lipinski definition) is 1. The van der Waals surface area contributed by atoms with Crippen molar-refractivity contribution in [2.75, 3.05) is 14.1 Å². The van der Waals surface area contributed by atoms with Gasteiger partial charge in [0.1, 0.15) is 17.1 Å². The monoisotopic (exact) mass is 276 g/mol. The second-order valence-electron chi connectivity index (χ2n) is 6.36. The van der Waals surface area contributed by atoms with Crippen molar-refractivity contribution >= 4 is 5.71 Å². The van der Waals surface area contributed by atoms with E-state index in [0.717, 1.165) is 40.1 Å². The van der Waals surface area contributed by atoms with Crippen molar-refractivity contribution in [2.45, 2.75) is 46.6 Å². The fourth-order valence-electron chi connectivity index (χ4n) is 2.71. The van der Waals surface area contributed by atoms with Gasteiger partial charge in [-0.2, -0.15) is 5.10 Å². The molecular formula is C16H24N2O2. The minimum atomic E-state index is -0.289. The molecule has 0 aromatic heterocycles. The number of rotatable bonds is 1. The molecule has 0 unspecified atom stereocenters. The van der Waals surface area contributed by atoms with Gasteiger partial charge in [0.05, 0.1) is 5.71 Å². The number of aromatic hydroxyl groups is 1. The van der Waals surface area contributed by atoms with Gasteiger partial charge in [0.15, 0.2) is 0 Å². The molecule has 0 spiro atoms. The van der Waals surface area contributed by atoms with Gasteiger partial charge >= 0.3 is 0 Å². The minimum absolute atomic E-state index is 0.289. The molecule has 4 nitrogen and oxygen atoms in total. The first-order valence-corrected chi connectivity index (χ1v) is 6.91. The first kappa shape index (κ1) is 14.7. The molecule has 1 aromatic carbocycles. The largest absolute Gasteiger partial charge is 0.507 e. The van der Waals surface area contributed by atoms with Gasteiger partial charge in [0.25, 0.3) is 0 Å². The first-order chi connectivity index (χ1) is 9.14. The highest BCUT2D eigenvalue weighted by molar-refractivity contribution is 6.06. The number of phenols is 1. The fourth-order valence-corrected chi connectivity index (χ4v) is 2.71. The first-order valence-electron chi connectivity index (χ1n) is 6.91. The van der Waals surface area contributed by atoms with Crippen LogP contribution in [0.15, 0.2) is 5.10 Å². The zero-order chi connectivity index (χ0) is 15.2. The zero-order valence-corrected chi connectivity index (χ0v) is 13.5. The molecule has 20 heavy (non-hydrogen) atoms. The lowest BCUT2D eigenvalue weighted by molar-refractivity contribution is 0.109. The van der Waals surface area contributed by atoms with Crippen molar-refractivity contribution in [2.24, 2.45) is 5.10 Å². The molecule has 1 aromatic rings. The Labute approximate surface area is 121 Å². The molecule has 1 aliphatic heterocycles. The van der Waals surface area contributed by atoms with Gasteiger partial charge in [-0.3, -0.25) is 0 Å². The number of fused-ring (bicyclic) bond motifs is 1. The van der Waals surface area contributed by atoms with Crippen LogP contribution in [0.25, 0.3) is 0 Å². The molecule has 0 aliphatic carbocycles. The molecule has 1 heterocycles. The number of phenolic OH excluding ortho intramolecular Hbond substituents is 1. The Kier molecular flexibility index (Phi) is 3.44. The van der Waals surface area contributed by atoms with E-state index in [1.165, 1.54) is 0 Å². The molecule has 1 aliphatic rings. The highest BCUT2D eigenvalue weighted by atomic mass is 16.5. The molecular weight excluding hydrogens is 252 g/mol. The van der Waals surface area contributed by atoms with Crippen LogP contribution in [0.2, 0.25) is 0 Å². The lowest BCUT2D eigenvalue weighted by Crippen LogP contribution is -2.37. The number of benzene rings is 1. The van der Waals surface area contributed by atoms with Crippen LogP contribution < -0.4 is 4.74 Å². The molecule has 1 N–H and O–H groups in total. The minimum Gasteiger partial charge on any atom is -0.507 e. The Morgan fingerprint density at radius 2 is 1.70 bits per heavy atom. The Morgan fingerprint density at radius 1 is 1.10 bits per heavy atom. The van der Waals surface area contributed by atoms with E-state index in [2.05, 4.69) is 18.9 Å². The average molecular weight is 276 g/mol. The predicted octanol–water partition coefficient (Wildman–Crippen LogP) is 3.14. The van der Waals surface area contributed by atoms with E-state index in [1.54, 1.807) is 5.01 Å². The summed E-state index contributed by atoms with van der Waals surface area (Å²) >= 11 is 0. The van der Waals surface area contributed by atoms with Crippen LogP contribution in [-0.2, 0) is 0 Å². The van der Waals surface area contributed by atoms with E-state index in [4.69, 9.17) is 4.74 Å². The molecule has 0 saturated carbocycles. The van der Waals surface area contributed by atoms with Gasteiger partial charge in [-0.05, 0) is 45.7 Å². The van der Waals surface area contributed by atoms with E-state index in [1.807, 2.05) is 34.9 Å². The van der Waals surface area contributed by atoms with E-state index in [-0.39, 0.29) is 5.60 Å². The smallest absolute Gasteiger partial charge is 0.132 e. The summed E-state index contributed by atoms with van der Waals surface area (Å²) in [5, 5.41) is 16.7. The van der Waals surface area contributed by atoms with Gasteiger partial charge in [-0.15, -0.1) is 0 Å². The Hall–Kier alpha value is -1.71. The highest BCUT2D eigenvalue weighted by Gasteiger charge is 2.35. The van der Waals surface area contributed by atoms with Crippen molar-refractivity contribution in [3.63, 3.8) is 0 Å². The number of ether oxygens (including phenoxy) is 1. The maximum Gasteiger partial charge on any atom is 0.132 e. The van der Waals surface area contributed by atoms with Gasteiger partial charge in [-0.25, -0.2) is 0 Å². The molecule has 0 atom stereocenters. The highest BCUT2D eigenvalue weighted by Crippen LogP contribution is 2.43. The molecule has 110 valence electrons. The van der Waals surface area contributed by atoms with Crippen molar-refractivity contribution in [3.05, 3.63) is 22.3 Å². The second kappa shape index (κ2) is 4.69. The van der Waals surface area contributed by atoms with Crippen LogP contribution in [0.1, 0.15) is 42.5 Å². The number of hydrogen-bond acceptors (Lipinski definition) is 4. The molecule has 0 bridgehead atoms. The van der Waals surface area contributed by atoms with Crippen LogP contribution in [0.3, 0.4) is 0 Å². The lowest BCUT2D eigenvalue weighted by Gasteiger charge is -2.36. The van der Waals surface area contributed by atoms with E-state index in [0.29, 0.717) is 5.75 Å². The van der Waals surface area contributed by atoms with Crippen LogP contribution >= 0.6 is 0 Å². The summed E-state index contributed by atoms with van der Waals surface area (Å²) in [6.07, 6.45) is 0.723. The summed E-state index contributed by atoms with van der Waals surface area (Å²) in [6.45, 7) is 9.97. The van der Waals surface area contributed by atoms with Gasteiger partial charge < -0.3 is 14.9 Å². The van der Waals surface area contributed by atoms with Gasteiger partial charge in [-0.1, -0.05) is 0 Å². The van der Waals surface area contributed by atoms with E-state index in [9.17, 15) is 5.11 Å². The number of nitrogens with zero attached hydrogens (tertiary/aromatic N) is 2. The van der Waals surface area contributed by atoms with Crippen molar-refractivity contribution in [3.8, 4) is 11.5 Å². The lowest BCUT2D eigenvalue weighted by atomic mass is 9.86. The van der Waals surface area contributed by atoms with E-state index < -0.39 is 0 Å². The number of hydrazone groups is 1. The van der Waals surface area contributed by atoms with Crippen molar-refractivity contribution < 1.29 is 9.84 Å². The quantitative estimate of drug-likeness (QED) is 0.801. The van der Waals surface area contributed by atoms with Crippen LogP contribution in [0.5, 0.6) is 11.5 Å².